The van der Waals surface area contributed by atoms with E-state index in [0.29, 0.717) is 12.1 Å². The van der Waals surface area contributed by atoms with Crippen LogP contribution >= 0.6 is 0 Å². The van der Waals surface area contributed by atoms with E-state index in [1.165, 1.54) is 0 Å². The van der Waals surface area contributed by atoms with Crippen LogP contribution < -0.4 is 22.3 Å². The van der Waals surface area contributed by atoms with Gasteiger partial charge >= 0.3 is 6.03 Å². The van der Waals surface area contributed by atoms with E-state index in [9.17, 15) is 4.79 Å². The fourth-order valence-electron chi connectivity index (χ4n) is 2.64. The molecular weight excluding hydrogens is 206 g/mol. The maximum Gasteiger partial charge on any atom is 0.312 e. The zero-order valence-electron chi connectivity index (χ0n) is 9.48. The Morgan fingerprint density at radius 2 is 1.81 bits per heavy atom. The molecule has 1 saturated heterocycles. The van der Waals surface area contributed by atoms with Crippen molar-refractivity contribution in [1.29, 1.82) is 0 Å². The summed E-state index contributed by atoms with van der Waals surface area (Å²) in [7, 11) is 0. The van der Waals surface area contributed by atoms with Gasteiger partial charge in [-0.2, -0.15) is 0 Å². The summed E-state index contributed by atoms with van der Waals surface area (Å²) in [5.74, 6) is 5.42. The third kappa shape index (κ3) is 2.63. The number of piperidine rings is 1. The Labute approximate surface area is 95.7 Å². The summed E-state index contributed by atoms with van der Waals surface area (Å²) >= 11 is 0. The van der Waals surface area contributed by atoms with Crippen LogP contribution in [0.2, 0.25) is 0 Å². The van der Waals surface area contributed by atoms with E-state index >= 15 is 0 Å². The van der Waals surface area contributed by atoms with Crippen LogP contribution in [0, 0.1) is 0 Å². The summed E-state index contributed by atoms with van der Waals surface area (Å²) < 4.78 is 0. The van der Waals surface area contributed by atoms with Gasteiger partial charge in [0.05, 0.1) is 0 Å². The summed E-state index contributed by atoms with van der Waals surface area (Å²) in [4.78, 5) is 13.1. The third-order valence-corrected chi connectivity index (χ3v) is 3.74. The molecular formula is C10H21N5O. The lowest BCUT2D eigenvalue weighted by atomic mass is 9.84. The second kappa shape index (κ2) is 4.99. The van der Waals surface area contributed by atoms with Crippen molar-refractivity contribution >= 4 is 6.03 Å². The molecule has 0 unspecified atom stereocenters. The second-order valence-electron chi connectivity index (χ2n) is 4.81. The molecule has 92 valence electrons. The molecule has 6 nitrogen and oxygen atoms in total. The average molecular weight is 227 g/mol. The Kier molecular flexibility index (Phi) is 3.63. The Morgan fingerprint density at radius 1 is 1.19 bits per heavy atom. The molecule has 1 aliphatic carbocycles. The molecule has 6 N–H and O–H groups in total. The van der Waals surface area contributed by atoms with Crippen LogP contribution in [-0.2, 0) is 0 Å². The van der Waals surface area contributed by atoms with Gasteiger partial charge in [0, 0.05) is 18.1 Å². The SMILES string of the molecule is NNC1CCN(C2CC(NC(N)=O)C2)CC1. The maximum atomic E-state index is 10.6. The molecule has 0 aromatic carbocycles. The smallest absolute Gasteiger partial charge is 0.312 e. The summed E-state index contributed by atoms with van der Waals surface area (Å²) in [6, 6.07) is 0.966. The van der Waals surface area contributed by atoms with Gasteiger partial charge in [-0.05, 0) is 38.8 Å². The Bertz CT molecular complexity index is 246. The highest BCUT2D eigenvalue weighted by Gasteiger charge is 2.35. The van der Waals surface area contributed by atoms with Crippen molar-refractivity contribution in [2.24, 2.45) is 11.6 Å². The van der Waals surface area contributed by atoms with E-state index in [1.54, 1.807) is 0 Å². The van der Waals surface area contributed by atoms with Crippen LogP contribution in [0.15, 0.2) is 0 Å². The van der Waals surface area contributed by atoms with Crippen molar-refractivity contribution in [2.75, 3.05) is 13.1 Å². The Hall–Kier alpha value is -0.850. The number of amides is 2. The van der Waals surface area contributed by atoms with Crippen LogP contribution in [0.4, 0.5) is 4.79 Å². The number of urea groups is 1. The minimum Gasteiger partial charge on any atom is -0.352 e. The lowest BCUT2D eigenvalue weighted by Crippen LogP contribution is -2.57. The summed E-state index contributed by atoms with van der Waals surface area (Å²) in [5.41, 5.74) is 7.91. The molecule has 0 aromatic rings. The van der Waals surface area contributed by atoms with Crippen LogP contribution in [0.25, 0.3) is 0 Å². The fraction of sp³-hybridized carbons (Fsp3) is 0.900. The average Bonchev–Trinajstić information content (AvgIpc) is 2.23. The first kappa shape index (κ1) is 11.6. The van der Waals surface area contributed by atoms with Gasteiger partial charge < -0.3 is 16.0 Å². The van der Waals surface area contributed by atoms with Gasteiger partial charge in [-0.1, -0.05) is 0 Å². The molecule has 0 aromatic heterocycles. The Morgan fingerprint density at radius 3 is 2.31 bits per heavy atom. The molecule has 2 amide bonds. The van der Waals surface area contributed by atoms with Crippen LogP contribution in [0.1, 0.15) is 25.7 Å². The van der Waals surface area contributed by atoms with E-state index in [4.69, 9.17) is 11.6 Å². The van der Waals surface area contributed by atoms with Gasteiger partial charge in [0.15, 0.2) is 0 Å². The monoisotopic (exact) mass is 227 g/mol. The summed E-state index contributed by atoms with van der Waals surface area (Å²) in [5, 5.41) is 2.75. The Balaban J connectivity index is 1.67. The standard InChI is InChI=1S/C10H21N5O/c11-10(16)13-8-5-9(6-8)15-3-1-7(14-12)2-4-15/h7-9,14H,1-6,12H2,(H3,11,13,16). The number of hydrazine groups is 1. The number of rotatable bonds is 3. The minimum atomic E-state index is -0.408. The number of likely N-dealkylation sites (tertiary alicyclic amines) is 1. The van der Waals surface area contributed by atoms with Gasteiger partial charge in [0.25, 0.3) is 0 Å². The topological polar surface area (TPSA) is 96.4 Å². The zero-order chi connectivity index (χ0) is 11.5. The van der Waals surface area contributed by atoms with Crippen LogP contribution in [0.3, 0.4) is 0 Å². The third-order valence-electron chi connectivity index (χ3n) is 3.74. The normalized spacial score (nSPS) is 32.1. The van der Waals surface area contributed by atoms with E-state index in [-0.39, 0.29) is 6.04 Å². The number of hydrogen-bond acceptors (Lipinski definition) is 4. The first-order valence-corrected chi connectivity index (χ1v) is 5.95. The van der Waals surface area contributed by atoms with Gasteiger partial charge in [0.1, 0.15) is 0 Å². The predicted octanol–water partition coefficient (Wildman–Crippen LogP) is -0.887. The predicted molar refractivity (Wildman–Crippen MR) is 61.4 cm³/mol. The molecule has 16 heavy (non-hydrogen) atoms. The molecule has 0 atom stereocenters. The van der Waals surface area contributed by atoms with E-state index < -0.39 is 6.03 Å². The lowest BCUT2D eigenvalue weighted by molar-refractivity contribution is 0.0723. The first-order chi connectivity index (χ1) is 7.69. The summed E-state index contributed by atoms with van der Waals surface area (Å²) in [6.07, 6.45) is 4.29. The molecule has 2 fully saturated rings. The highest BCUT2D eigenvalue weighted by molar-refractivity contribution is 5.72. The lowest BCUT2D eigenvalue weighted by Gasteiger charge is -2.45. The number of nitrogens with one attached hydrogen (secondary N) is 2. The molecule has 1 aliphatic heterocycles. The van der Waals surface area contributed by atoms with E-state index in [2.05, 4.69) is 15.6 Å². The highest BCUT2D eigenvalue weighted by Crippen LogP contribution is 2.27. The van der Waals surface area contributed by atoms with E-state index in [1.807, 2.05) is 0 Å². The van der Waals surface area contributed by atoms with Gasteiger partial charge in [-0.25, -0.2) is 4.79 Å². The molecule has 2 rings (SSSR count). The van der Waals surface area contributed by atoms with Crippen molar-refractivity contribution in [2.45, 2.75) is 43.8 Å². The minimum absolute atomic E-state index is 0.285. The van der Waals surface area contributed by atoms with Gasteiger partial charge in [0.2, 0.25) is 0 Å². The molecule has 2 aliphatic rings. The first-order valence-electron chi connectivity index (χ1n) is 5.95. The van der Waals surface area contributed by atoms with Gasteiger partial charge in [-0.3, -0.25) is 11.3 Å². The molecule has 1 saturated carbocycles. The largest absolute Gasteiger partial charge is 0.352 e. The quantitative estimate of drug-likeness (QED) is 0.371. The molecule has 0 bridgehead atoms. The van der Waals surface area contributed by atoms with Crippen molar-refractivity contribution in [3.63, 3.8) is 0 Å². The fourth-order valence-corrected chi connectivity index (χ4v) is 2.64. The maximum absolute atomic E-state index is 10.6. The second-order valence-corrected chi connectivity index (χ2v) is 4.81. The number of nitrogens with two attached hydrogens (primary N) is 2. The molecule has 0 radical (unpaired) electrons. The zero-order valence-corrected chi connectivity index (χ0v) is 9.48. The van der Waals surface area contributed by atoms with Crippen molar-refractivity contribution in [3.05, 3.63) is 0 Å². The van der Waals surface area contributed by atoms with E-state index in [0.717, 1.165) is 38.8 Å². The number of hydrogen-bond donors (Lipinski definition) is 4. The van der Waals surface area contributed by atoms with Gasteiger partial charge in [-0.15, -0.1) is 0 Å². The van der Waals surface area contributed by atoms with Crippen molar-refractivity contribution < 1.29 is 4.79 Å². The molecule has 0 spiro atoms. The number of carbonyl (C=O) groups excluding carboxylic acids is 1. The number of carbonyl (C=O) groups is 1. The number of primary amides is 1. The summed E-state index contributed by atoms with van der Waals surface area (Å²) in [6.45, 7) is 2.20. The van der Waals surface area contributed by atoms with Crippen LogP contribution in [0.5, 0.6) is 0 Å². The molecule has 6 heteroatoms. The highest BCUT2D eigenvalue weighted by atomic mass is 16.2. The van der Waals surface area contributed by atoms with Crippen molar-refractivity contribution in [3.8, 4) is 0 Å². The molecule has 1 heterocycles. The van der Waals surface area contributed by atoms with Crippen molar-refractivity contribution in [1.82, 2.24) is 15.6 Å². The van der Waals surface area contributed by atoms with Crippen LogP contribution in [-0.4, -0.2) is 42.1 Å². The number of nitrogens with zero attached hydrogens (tertiary/aromatic N) is 1.